The lowest BCUT2D eigenvalue weighted by molar-refractivity contribution is -0.0661. The van der Waals surface area contributed by atoms with E-state index in [1.807, 2.05) is 6.92 Å². The normalized spacial score (nSPS) is 19.8. The average Bonchev–Trinajstić information content (AvgIpc) is 2.47. The number of hydrogen-bond acceptors (Lipinski definition) is 4. The predicted molar refractivity (Wildman–Crippen MR) is 78.4 cm³/mol. The minimum Gasteiger partial charge on any atom is -0.359 e. The van der Waals surface area contributed by atoms with E-state index in [0.29, 0.717) is 18.7 Å². The Hall–Kier alpha value is -1.44. The molecule has 0 aliphatic carbocycles. The van der Waals surface area contributed by atoms with E-state index < -0.39 is 10.0 Å². The van der Waals surface area contributed by atoms with E-state index in [9.17, 15) is 13.2 Å². The summed E-state index contributed by atoms with van der Waals surface area (Å²) in [7, 11) is -0.525. The Morgan fingerprint density at radius 1 is 1.29 bits per heavy atom. The van der Waals surface area contributed by atoms with Crippen LogP contribution in [0, 0.1) is 0 Å². The van der Waals surface area contributed by atoms with E-state index in [1.165, 1.54) is 26.2 Å². The largest absolute Gasteiger partial charge is 0.359 e. The van der Waals surface area contributed by atoms with Crippen LogP contribution in [-0.4, -0.2) is 57.0 Å². The third-order valence-corrected chi connectivity index (χ3v) is 5.31. The summed E-state index contributed by atoms with van der Waals surface area (Å²) in [6.07, 6.45) is 0.555. The SMILES string of the molecule is CC1OCCCN1C(=O)c1ccc(S(=O)(=O)N(C)C)cc1. The maximum absolute atomic E-state index is 12.4. The molecule has 0 aromatic heterocycles. The Kier molecular flexibility index (Phi) is 4.65. The van der Waals surface area contributed by atoms with Gasteiger partial charge >= 0.3 is 0 Å². The fourth-order valence-electron chi connectivity index (χ4n) is 2.17. The molecule has 1 aliphatic heterocycles. The highest BCUT2D eigenvalue weighted by molar-refractivity contribution is 7.89. The summed E-state index contributed by atoms with van der Waals surface area (Å²) >= 11 is 0. The average molecular weight is 312 g/mol. The van der Waals surface area contributed by atoms with Crippen molar-refractivity contribution in [2.45, 2.75) is 24.5 Å². The maximum Gasteiger partial charge on any atom is 0.255 e. The van der Waals surface area contributed by atoms with Gasteiger partial charge in [0.2, 0.25) is 10.0 Å². The van der Waals surface area contributed by atoms with E-state index >= 15 is 0 Å². The number of carbonyl (C=O) groups excluding carboxylic acids is 1. The third kappa shape index (κ3) is 3.25. The number of rotatable bonds is 3. The van der Waals surface area contributed by atoms with Crippen LogP contribution in [-0.2, 0) is 14.8 Å². The second-order valence-corrected chi connectivity index (χ2v) is 7.29. The molecule has 1 unspecified atom stereocenters. The van der Waals surface area contributed by atoms with E-state index in [0.717, 1.165) is 10.7 Å². The van der Waals surface area contributed by atoms with Crippen molar-refractivity contribution in [3.8, 4) is 0 Å². The highest BCUT2D eigenvalue weighted by atomic mass is 32.2. The van der Waals surface area contributed by atoms with Crippen LogP contribution in [0.25, 0.3) is 0 Å². The molecule has 1 atom stereocenters. The fourth-order valence-corrected chi connectivity index (χ4v) is 3.08. The lowest BCUT2D eigenvalue weighted by atomic mass is 10.2. The second kappa shape index (κ2) is 6.13. The minimum absolute atomic E-state index is 0.143. The van der Waals surface area contributed by atoms with E-state index in [1.54, 1.807) is 17.0 Å². The van der Waals surface area contributed by atoms with Gasteiger partial charge in [0, 0.05) is 26.2 Å². The quantitative estimate of drug-likeness (QED) is 0.839. The molecule has 6 nitrogen and oxygen atoms in total. The molecule has 2 rings (SSSR count). The Balaban J connectivity index is 2.21. The van der Waals surface area contributed by atoms with Crippen molar-refractivity contribution in [1.29, 1.82) is 0 Å². The summed E-state index contributed by atoms with van der Waals surface area (Å²) in [6.45, 7) is 3.14. The molecule has 1 amide bonds. The first kappa shape index (κ1) is 15.9. The Morgan fingerprint density at radius 2 is 1.90 bits per heavy atom. The molecule has 7 heteroatoms. The van der Waals surface area contributed by atoms with E-state index in [-0.39, 0.29) is 17.0 Å². The van der Waals surface area contributed by atoms with E-state index in [2.05, 4.69) is 0 Å². The van der Waals surface area contributed by atoms with Crippen molar-refractivity contribution in [1.82, 2.24) is 9.21 Å². The van der Waals surface area contributed by atoms with Gasteiger partial charge in [0.25, 0.3) is 5.91 Å². The van der Waals surface area contributed by atoms with Crippen LogP contribution < -0.4 is 0 Å². The molecule has 0 spiro atoms. The molecule has 1 saturated heterocycles. The second-order valence-electron chi connectivity index (χ2n) is 5.13. The van der Waals surface area contributed by atoms with Crippen molar-refractivity contribution in [2.75, 3.05) is 27.2 Å². The van der Waals surface area contributed by atoms with Crippen molar-refractivity contribution in [3.05, 3.63) is 29.8 Å². The summed E-state index contributed by atoms with van der Waals surface area (Å²) in [4.78, 5) is 14.2. The number of carbonyl (C=O) groups is 1. The first-order valence-electron chi connectivity index (χ1n) is 6.79. The highest BCUT2D eigenvalue weighted by Gasteiger charge is 2.25. The minimum atomic E-state index is -3.47. The summed E-state index contributed by atoms with van der Waals surface area (Å²) in [5, 5.41) is 0. The van der Waals surface area contributed by atoms with Crippen LogP contribution in [0.5, 0.6) is 0 Å². The lowest BCUT2D eigenvalue weighted by Gasteiger charge is -2.33. The van der Waals surface area contributed by atoms with Gasteiger partial charge in [0.1, 0.15) is 6.23 Å². The summed E-state index contributed by atoms with van der Waals surface area (Å²) in [5.41, 5.74) is 0.463. The van der Waals surface area contributed by atoms with Gasteiger partial charge in [-0.1, -0.05) is 0 Å². The molecule has 0 radical (unpaired) electrons. The molecule has 1 aromatic carbocycles. The molecular formula is C14H20N2O4S. The van der Waals surface area contributed by atoms with Crippen LogP contribution in [0.15, 0.2) is 29.2 Å². The molecule has 21 heavy (non-hydrogen) atoms. The molecule has 1 aliphatic rings. The zero-order valence-electron chi connectivity index (χ0n) is 12.4. The molecule has 116 valence electrons. The molecule has 0 bridgehead atoms. The van der Waals surface area contributed by atoms with Gasteiger partial charge in [-0.05, 0) is 37.6 Å². The Bertz CT molecular complexity index is 610. The number of nitrogens with zero attached hydrogens (tertiary/aromatic N) is 2. The van der Waals surface area contributed by atoms with Gasteiger partial charge in [-0.15, -0.1) is 0 Å². The molecular weight excluding hydrogens is 292 g/mol. The first-order valence-corrected chi connectivity index (χ1v) is 8.23. The molecule has 1 fully saturated rings. The Morgan fingerprint density at radius 3 is 2.43 bits per heavy atom. The third-order valence-electron chi connectivity index (χ3n) is 3.48. The number of sulfonamides is 1. The number of amides is 1. The maximum atomic E-state index is 12.4. The topological polar surface area (TPSA) is 66.9 Å². The molecule has 1 heterocycles. The van der Waals surface area contributed by atoms with Gasteiger partial charge < -0.3 is 9.64 Å². The Labute approximate surface area is 125 Å². The zero-order chi connectivity index (χ0) is 15.6. The van der Waals surface area contributed by atoms with Gasteiger partial charge in [-0.3, -0.25) is 4.79 Å². The summed E-state index contributed by atoms with van der Waals surface area (Å²) < 4.78 is 30.5. The molecule has 1 aromatic rings. The van der Waals surface area contributed by atoms with Crippen molar-refractivity contribution < 1.29 is 17.9 Å². The van der Waals surface area contributed by atoms with Crippen molar-refractivity contribution in [3.63, 3.8) is 0 Å². The predicted octanol–water partition coefficient (Wildman–Crippen LogP) is 1.15. The molecule has 0 saturated carbocycles. The standard InChI is InChI=1S/C14H20N2O4S/c1-11-16(9-4-10-20-11)14(17)12-5-7-13(8-6-12)21(18,19)15(2)3/h5-8,11H,4,9-10H2,1-3H3. The van der Waals surface area contributed by atoms with Crippen LogP contribution in [0.4, 0.5) is 0 Å². The monoisotopic (exact) mass is 312 g/mol. The first-order chi connectivity index (χ1) is 9.84. The summed E-state index contributed by atoms with van der Waals surface area (Å²) in [6, 6.07) is 6.00. The van der Waals surface area contributed by atoms with Crippen LogP contribution in [0.1, 0.15) is 23.7 Å². The van der Waals surface area contributed by atoms with Crippen LogP contribution in [0.2, 0.25) is 0 Å². The number of ether oxygens (including phenoxy) is 1. The van der Waals surface area contributed by atoms with Gasteiger partial charge in [0.15, 0.2) is 0 Å². The summed E-state index contributed by atoms with van der Waals surface area (Å²) in [5.74, 6) is -0.143. The van der Waals surface area contributed by atoms with E-state index in [4.69, 9.17) is 4.74 Å². The fraction of sp³-hybridized carbons (Fsp3) is 0.500. The molecule has 0 N–H and O–H groups in total. The van der Waals surface area contributed by atoms with Gasteiger partial charge in [-0.2, -0.15) is 0 Å². The van der Waals surface area contributed by atoms with Crippen molar-refractivity contribution >= 4 is 15.9 Å². The highest BCUT2D eigenvalue weighted by Crippen LogP contribution is 2.18. The number of hydrogen-bond donors (Lipinski definition) is 0. The smallest absolute Gasteiger partial charge is 0.255 e. The number of benzene rings is 1. The lowest BCUT2D eigenvalue weighted by Crippen LogP contribution is -2.44. The van der Waals surface area contributed by atoms with Gasteiger partial charge in [-0.25, -0.2) is 12.7 Å². The van der Waals surface area contributed by atoms with Crippen LogP contribution in [0.3, 0.4) is 0 Å². The van der Waals surface area contributed by atoms with Crippen molar-refractivity contribution in [2.24, 2.45) is 0 Å². The van der Waals surface area contributed by atoms with Crippen LogP contribution >= 0.6 is 0 Å². The van der Waals surface area contributed by atoms with Gasteiger partial charge in [0.05, 0.1) is 11.5 Å². The zero-order valence-corrected chi connectivity index (χ0v) is 13.3.